The zero-order valence-electron chi connectivity index (χ0n) is 17.5. The molecule has 0 aliphatic carbocycles. The van der Waals surface area contributed by atoms with Gasteiger partial charge in [-0.25, -0.2) is 8.42 Å². The molecule has 1 atom stereocenters. The van der Waals surface area contributed by atoms with Crippen molar-refractivity contribution in [3.05, 3.63) is 59.7 Å². The molecule has 2 rings (SSSR count). The molecule has 0 aliphatic heterocycles. The number of hydrogen-bond donors (Lipinski definition) is 2. The van der Waals surface area contributed by atoms with Crippen LogP contribution in [-0.2, 0) is 21.0 Å². The van der Waals surface area contributed by atoms with Gasteiger partial charge in [0.1, 0.15) is 0 Å². The van der Waals surface area contributed by atoms with Crippen LogP contribution in [-0.4, -0.2) is 38.3 Å². The molecule has 0 aliphatic rings. The first-order chi connectivity index (χ1) is 14.5. The summed E-state index contributed by atoms with van der Waals surface area (Å²) in [4.78, 5) is 12.3. The molecule has 2 aromatic rings. The number of carbonyl (C=O) groups excluding carboxylic acids is 1. The number of amides is 1. The molecule has 1 amide bonds. The van der Waals surface area contributed by atoms with Crippen LogP contribution in [0.3, 0.4) is 0 Å². The number of alkyl halides is 3. The van der Waals surface area contributed by atoms with Gasteiger partial charge >= 0.3 is 6.18 Å². The molecule has 2 N–H and O–H groups in total. The Bertz CT molecular complexity index is 1010. The third-order valence-corrected chi connectivity index (χ3v) is 6.79. The third kappa shape index (κ3) is 6.52. The number of nitrogens with zero attached hydrogens (tertiary/aromatic N) is 1. The van der Waals surface area contributed by atoms with E-state index in [1.807, 2.05) is 0 Å². The second-order valence-electron chi connectivity index (χ2n) is 6.89. The molecule has 0 spiro atoms. The van der Waals surface area contributed by atoms with E-state index in [4.69, 9.17) is 0 Å². The van der Waals surface area contributed by atoms with Crippen molar-refractivity contribution in [3.8, 4) is 0 Å². The van der Waals surface area contributed by atoms with Gasteiger partial charge in [-0.15, -0.1) is 0 Å². The summed E-state index contributed by atoms with van der Waals surface area (Å²) in [6, 6.07) is 10.3. The number of carbonyl (C=O) groups is 1. The van der Waals surface area contributed by atoms with Gasteiger partial charge in [0.05, 0.1) is 17.0 Å². The van der Waals surface area contributed by atoms with Crippen molar-refractivity contribution in [1.29, 1.82) is 0 Å². The van der Waals surface area contributed by atoms with Crippen LogP contribution in [0.2, 0.25) is 0 Å². The standard InChI is InChI=1S/C21H26F3N3O3S/c1-4-27(5-2)31(29,30)19-11-7-10-18(13-19)26-20(28)14-25-15(3)16-8-6-9-17(12-16)21(22,23)24/h6-13,15,25H,4-5,14H2,1-3H3,(H,26,28)/t15-/m1/s1. The molecular weight excluding hydrogens is 431 g/mol. The summed E-state index contributed by atoms with van der Waals surface area (Å²) >= 11 is 0. The molecular formula is C21H26F3N3O3S. The maximum absolute atomic E-state index is 12.9. The highest BCUT2D eigenvalue weighted by Gasteiger charge is 2.30. The number of halogens is 3. The minimum atomic E-state index is -4.44. The van der Waals surface area contributed by atoms with Crippen LogP contribution in [0.4, 0.5) is 18.9 Å². The summed E-state index contributed by atoms with van der Waals surface area (Å²) in [6.45, 7) is 5.62. The lowest BCUT2D eigenvalue weighted by Crippen LogP contribution is -2.31. The summed E-state index contributed by atoms with van der Waals surface area (Å²) in [6.07, 6.45) is -4.44. The highest BCUT2D eigenvalue weighted by molar-refractivity contribution is 7.89. The summed E-state index contributed by atoms with van der Waals surface area (Å²) in [7, 11) is -3.66. The predicted molar refractivity (Wildman–Crippen MR) is 113 cm³/mol. The fourth-order valence-electron chi connectivity index (χ4n) is 3.00. The van der Waals surface area contributed by atoms with Gasteiger partial charge < -0.3 is 10.6 Å². The first-order valence-corrected chi connectivity index (χ1v) is 11.2. The number of hydrogen-bond acceptors (Lipinski definition) is 4. The molecule has 2 aromatic carbocycles. The van der Waals surface area contributed by atoms with Gasteiger partial charge in [-0.05, 0) is 42.8 Å². The SMILES string of the molecule is CCN(CC)S(=O)(=O)c1cccc(NC(=O)CN[C@H](C)c2cccc(C(F)(F)F)c2)c1. The maximum atomic E-state index is 12.9. The fraction of sp³-hybridized carbons (Fsp3) is 0.381. The predicted octanol–water partition coefficient (Wildman–Crippen LogP) is 4.03. The van der Waals surface area contributed by atoms with E-state index in [-0.39, 0.29) is 11.4 Å². The normalized spacial score (nSPS) is 13.3. The van der Waals surface area contributed by atoms with Crippen LogP contribution in [0.15, 0.2) is 53.4 Å². The number of nitrogens with one attached hydrogen (secondary N) is 2. The monoisotopic (exact) mass is 457 g/mol. The molecule has 170 valence electrons. The highest BCUT2D eigenvalue weighted by Crippen LogP contribution is 2.30. The largest absolute Gasteiger partial charge is 0.416 e. The van der Waals surface area contributed by atoms with E-state index in [1.165, 1.54) is 28.6 Å². The first-order valence-electron chi connectivity index (χ1n) is 9.79. The molecule has 0 fully saturated rings. The Morgan fingerprint density at radius 2 is 1.71 bits per heavy atom. The molecule has 0 saturated carbocycles. The maximum Gasteiger partial charge on any atom is 0.416 e. The van der Waals surface area contributed by atoms with Crippen molar-refractivity contribution in [2.24, 2.45) is 0 Å². The topological polar surface area (TPSA) is 78.5 Å². The van der Waals surface area contributed by atoms with E-state index in [0.29, 0.717) is 24.3 Å². The zero-order chi connectivity index (χ0) is 23.2. The minimum absolute atomic E-state index is 0.0688. The van der Waals surface area contributed by atoms with Crippen LogP contribution in [0.5, 0.6) is 0 Å². The van der Waals surface area contributed by atoms with E-state index >= 15 is 0 Å². The lowest BCUT2D eigenvalue weighted by molar-refractivity contribution is -0.137. The van der Waals surface area contributed by atoms with Gasteiger partial charge in [0.25, 0.3) is 0 Å². The molecule has 10 heteroatoms. The average molecular weight is 458 g/mol. The number of sulfonamides is 1. The lowest BCUT2D eigenvalue weighted by atomic mass is 10.0. The summed E-state index contributed by atoms with van der Waals surface area (Å²) < 4.78 is 65.2. The van der Waals surface area contributed by atoms with Gasteiger partial charge in [-0.2, -0.15) is 17.5 Å². The lowest BCUT2D eigenvalue weighted by Gasteiger charge is -2.19. The van der Waals surface area contributed by atoms with E-state index < -0.39 is 33.7 Å². The molecule has 0 aromatic heterocycles. The van der Waals surface area contributed by atoms with E-state index in [1.54, 1.807) is 32.9 Å². The first kappa shape index (κ1) is 24.8. The van der Waals surface area contributed by atoms with Crippen molar-refractivity contribution in [2.75, 3.05) is 25.0 Å². The van der Waals surface area contributed by atoms with Crippen LogP contribution < -0.4 is 10.6 Å². The van der Waals surface area contributed by atoms with Crippen LogP contribution >= 0.6 is 0 Å². The van der Waals surface area contributed by atoms with Gasteiger partial charge in [0.2, 0.25) is 15.9 Å². The second kappa shape index (κ2) is 10.3. The number of anilines is 1. The minimum Gasteiger partial charge on any atom is -0.325 e. The van der Waals surface area contributed by atoms with Gasteiger partial charge in [0.15, 0.2) is 0 Å². The third-order valence-electron chi connectivity index (χ3n) is 4.74. The number of benzene rings is 2. The zero-order valence-corrected chi connectivity index (χ0v) is 18.3. The van der Waals surface area contributed by atoms with Gasteiger partial charge in [-0.3, -0.25) is 4.79 Å². The van der Waals surface area contributed by atoms with Crippen molar-refractivity contribution < 1.29 is 26.4 Å². The smallest absolute Gasteiger partial charge is 0.325 e. The summed E-state index contributed by atoms with van der Waals surface area (Å²) in [5.41, 5.74) is -0.0454. The highest BCUT2D eigenvalue weighted by atomic mass is 32.2. The Labute approximate surface area is 180 Å². The molecule has 0 heterocycles. The van der Waals surface area contributed by atoms with Crippen molar-refractivity contribution in [2.45, 2.75) is 37.9 Å². The quantitative estimate of drug-likeness (QED) is 0.596. The Hall–Kier alpha value is -2.43. The van der Waals surface area contributed by atoms with Gasteiger partial charge in [-0.1, -0.05) is 32.0 Å². The van der Waals surface area contributed by atoms with Crippen LogP contribution in [0.1, 0.15) is 37.9 Å². The second-order valence-corrected chi connectivity index (χ2v) is 8.83. The Morgan fingerprint density at radius 3 is 2.32 bits per heavy atom. The summed E-state index contributed by atoms with van der Waals surface area (Å²) in [5.74, 6) is -0.448. The average Bonchev–Trinajstić information content (AvgIpc) is 2.72. The molecule has 0 bridgehead atoms. The molecule has 6 nitrogen and oxygen atoms in total. The van der Waals surface area contributed by atoms with E-state index in [0.717, 1.165) is 12.1 Å². The van der Waals surface area contributed by atoms with Crippen LogP contribution in [0, 0.1) is 0 Å². The van der Waals surface area contributed by atoms with Gasteiger partial charge in [0, 0.05) is 24.8 Å². The number of rotatable bonds is 9. The summed E-state index contributed by atoms with van der Waals surface area (Å²) in [5, 5.41) is 5.48. The van der Waals surface area contributed by atoms with E-state index in [2.05, 4.69) is 10.6 Å². The Morgan fingerprint density at radius 1 is 1.06 bits per heavy atom. The molecule has 31 heavy (non-hydrogen) atoms. The van der Waals surface area contributed by atoms with Crippen molar-refractivity contribution in [1.82, 2.24) is 9.62 Å². The molecule has 0 saturated heterocycles. The fourth-order valence-corrected chi connectivity index (χ4v) is 4.50. The Kier molecular flexibility index (Phi) is 8.21. The Balaban J connectivity index is 2.02. The van der Waals surface area contributed by atoms with E-state index in [9.17, 15) is 26.4 Å². The molecule has 0 unspecified atom stereocenters. The van der Waals surface area contributed by atoms with Crippen molar-refractivity contribution >= 4 is 21.6 Å². The molecule has 0 radical (unpaired) electrons. The van der Waals surface area contributed by atoms with Crippen molar-refractivity contribution in [3.63, 3.8) is 0 Å². The van der Waals surface area contributed by atoms with Crippen LogP contribution in [0.25, 0.3) is 0 Å².